The summed E-state index contributed by atoms with van der Waals surface area (Å²) >= 11 is 0. The van der Waals surface area contributed by atoms with Gasteiger partial charge in [0.1, 0.15) is 17.2 Å². The molecule has 0 aliphatic rings. The Morgan fingerprint density at radius 1 is 1.00 bits per heavy atom. The van der Waals surface area contributed by atoms with E-state index in [2.05, 4.69) is 24.0 Å². The third kappa shape index (κ3) is 5.76. The van der Waals surface area contributed by atoms with Gasteiger partial charge in [-0.2, -0.15) is 5.10 Å². The zero-order valence-corrected chi connectivity index (χ0v) is 20.3. The van der Waals surface area contributed by atoms with Crippen molar-refractivity contribution in [1.82, 2.24) is 14.7 Å². The van der Waals surface area contributed by atoms with E-state index in [4.69, 9.17) is 14.3 Å². The molecule has 1 atom stereocenters. The molecule has 0 aliphatic carbocycles. The fraction of sp³-hybridized carbons (Fsp3) is 0.321. The summed E-state index contributed by atoms with van der Waals surface area (Å²) in [5.41, 5.74) is 4.04. The monoisotopic (exact) mass is 459 g/mol. The first-order valence-electron chi connectivity index (χ1n) is 11.7. The molecule has 1 N–H and O–H groups in total. The SMILES string of the molecule is Cc1ccc(Oc2c(CN(Cc3ccco3)CC(O)C(C)C)c(-c3ccccc3)nn2C)cc1. The normalized spacial score (nSPS) is 12.4. The van der Waals surface area contributed by atoms with E-state index in [1.54, 1.807) is 10.9 Å². The molecule has 0 saturated carbocycles. The lowest BCUT2D eigenvalue weighted by molar-refractivity contribution is 0.0668. The summed E-state index contributed by atoms with van der Waals surface area (Å²) in [6, 6.07) is 22.0. The van der Waals surface area contributed by atoms with Gasteiger partial charge in [-0.1, -0.05) is 61.9 Å². The molecule has 0 fully saturated rings. The zero-order chi connectivity index (χ0) is 24.1. The number of aryl methyl sites for hydroxylation is 2. The van der Waals surface area contributed by atoms with E-state index < -0.39 is 6.10 Å². The Bertz CT molecular complexity index is 1170. The molecule has 34 heavy (non-hydrogen) atoms. The molecule has 0 bridgehead atoms. The zero-order valence-electron chi connectivity index (χ0n) is 20.3. The Morgan fingerprint density at radius 2 is 1.74 bits per heavy atom. The first-order valence-corrected chi connectivity index (χ1v) is 11.7. The van der Waals surface area contributed by atoms with Crippen LogP contribution in [0.4, 0.5) is 0 Å². The molecule has 2 aromatic carbocycles. The van der Waals surface area contributed by atoms with Gasteiger partial charge < -0.3 is 14.3 Å². The van der Waals surface area contributed by atoms with Crippen molar-refractivity contribution >= 4 is 0 Å². The summed E-state index contributed by atoms with van der Waals surface area (Å²) in [7, 11) is 1.90. The van der Waals surface area contributed by atoms with Gasteiger partial charge in [-0.3, -0.25) is 4.90 Å². The van der Waals surface area contributed by atoms with Crippen molar-refractivity contribution in [3.63, 3.8) is 0 Å². The minimum absolute atomic E-state index is 0.143. The fourth-order valence-corrected chi connectivity index (χ4v) is 3.88. The van der Waals surface area contributed by atoms with Crippen molar-refractivity contribution in [2.75, 3.05) is 6.54 Å². The Morgan fingerprint density at radius 3 is 2.38 bits per heavy atom. The van der Waals surface area contributed by atoms with Crippen LogP contribution in [0.15, 0.2) is 77.4 Å². The third-order valence-corrected chi connectivity index (χ3v) is 5.93. The highest BCUT2D eigenvalue weighted by Crippen LogP contribution is 2.34. The Kier molecular flexibility index (Phi) is 7.50. The molecule has 0 aliphatic heterocycles. The van der Waals surface area contributed by atoms with Crippen molar-refractivity contribution in [3.8, 4) is 22.9 Å². The smallest absolute Gasteiger partial charge is 0.222 e. The van der Waals surface area contributed by atoms with Crippen LogP contribution in [-0.4, -0.2) is 32.4 Å². The number of ether oxygens (including phenoxy) is 1. The summed E-state index contributed by atoms with van der Waals surface area (Å²) in [6.45, 7) is 7.74. The Labute approximate surface area is 201 Å². The highest BCUT2D eigenvalue weighted by Gasteiger charge is 2.24. The molecular formula is C28H33N3O3. The van der Waals surface area contributed by atoms with Crippen LogP contribution in [0.3, 0.4) is 0 Å². The molecule has 4 aromatic rings. The van der Waals surface area contributed by atoms with Gasteiger partial charge in [-0.15, -0.1) is 0 Å². The van der Waals surface area contributed by atoms with Gasteiger partial charge in [-0.05, 0) is 37.1 Å². The van der Waals surface area contributed by atoms with Crippen molar-refractivity contribution in [2.24, 2.45) is 13.0 Å². The summed E-state index contributed by atoms with van der Waals surface area (Å²) in [5.74, 6) is 2.44. The minimum Gasteiger partial charge on any atom is -0.468 e. The lowest BCUT2D eigenvalue weighted by Crippen LogP contribution is -2.34. The van der Waals surface area contributed by atoms with Gasteiger partial charge in [-0.25, -0.2) is 4.68 Å². The number of nitrogens with zero attached hydrogens (tertiary/aromatic N) is 3. The number of rotatable bonds is 10. The molecule has 2 heterocycles. The van der Waals surface area contributed by atoms with Gasteiger partial charge in [0, 0.05) is 25.7 Å². The lowest BCUT2D eigenvalue weighted by Gasteiger charge is -2.26. The Balaban J connectivity index is 1.73. The third-order valence-electron chi connectivity index (χ3n) is 5.93. The summed E-state index contributed by atoms with van der Waals surface area (Å²) in [6.07, 6.45) is 1.21. The second-order valence-electron chi connectivity index (χ2n) is 9.10. The number of aliphatic hydroxyl groups excluding tert-OH is 1. The van der Waals surface area contributed by atoms with Crippen LogP contribution in [0, 0.1) is 12.8 Å². The number of benzene rings is 2. The average Bonchev–Trinajstić information content (AvgIpc) is 3.44. The van der Waals surface area contributed by atoms with Gasteiger partial charge in [0.25, 0.3) is 0 Å². The molecule has 0 saturated heterocycles. The second kappa shape index (κ2) is 10.7. The lowest BCUT2D eigenvalue weighted by atomic mass is 10.0. The van der Waals surface area contributed by atoms with Crippen molar-refractivity contribution < 1.29 is 14.3 Å². The number of aliphatic hydroxyl groups is 1. The van der Waals surface area contributed by atoms with Crippen LogP contribution in [0.2, 0.25) is 0 Å². The number of furan rings is 1. The van der Waals surface area contributed by atoms with E-state index in [1.165, 1.54) is 5.56 Å². The molecular weight excluding hydrogens is 426 g/mol. The number of hydrogen-bond donors (Lipinski definition) is 1. The minimum atomic E-state index is -0.465. The van der Waals surface area contributed by atoms with Crippen molar-refractivity contribution in [1.29, 1.82) is 0 Å². The fourth-order valence-electron chi connectivity index (χ4n) is 3.88. The van der Waals surface area contributed by atoms with E-state index >= 15 is 0 Å². The van der Waals surface area contributed by atoms with Crippen LogP contribution >= 0.6 is 0 Å². The molecule has 2 aromatic heterocycles. The van der Waals surface area contributed by atoms with Gasteiger partial charge in [0.15, 0.2) is 0 Å². The molecule has 0 spiro atoms. The predicted molar refractivity (Wildman–Crippen MR) is 134 cm³/mol. The van der Waals surface area contributed by atoms with Crippen LogP contribution in [0.1, 0.15) is 30.7 Å². The van der Waals surface area contributed by atoms with E-state index in [0.717, 1.165) is 28.3 Å². The molecule has 6 heteroatoms. The predicted octanol–water partition coefficient (Wildman–Crippen LogP) is 5.80. The first kappa shape index (κ1) is 23.8. The largest absolute Gasteiger partial charge is 0.468 e. The van der Waals surface area contributed by atoms with Gasteiger partial charge in [0.2, 0.25) is 5.88 Å². The maximum atomic E-state index is 10.7. The number of aromatic nitrogens is 2. The molecule has 1 unspecified atom stereocenters. The quantitative estimate of drug-likeness (QED) is 0.325. The van der Waals surface area contributed by atoms with E-state index in [1.807, 2.05) is 75.5 Å². The van der Waals surface area contributed by atoms with Crippen molar-refractivity contribution in [3.05, 3.63) is 89.9 Å². The average molecular weight is 460 g/mol. The first-order chi connectivity index (χ1) is 16.4. The summed E-state index contributed by atoms with van der Waals surface area (Å²) in [4.78, 5) is 2.19. The highest BCUT2D eigenvalue weighted by atomic mass is 16.5. The molecule has 4 rings (SSSR count). The van der Waals surface area contributed by atoms with Crippen LogP contribution in [-0.2, 0) is 20.1 Å². The standard InChI is InChI=1S/C28H33N3O3/c1-20(2)26(32)19-31(17-24-11-8-16-33-24)18-25-27(22-9-6-5-7-10-22)29-30(4)28(25)34-23-14-12-21(3)13-15-23/h5-16,20,26,32H,17-19H2,1-4H3. The molecule has 178 valence electrons. The Hall–Kier alpha value is -3.35. The van der Waals surface area contributed by atoms with Crippen LogP contribution in [0.5, 0.6) is 11.6 Å². The van der Waals surface area contributed by atoms with Crippen LogP contribution in [0.25, 0.3) is 11.3 Å². The van der Waals surface area contributed by atoms with E-state index in [9.17, 15) is 5.11 Å². The summed E-state index contributed by atoms with van der Waals surface area (Å²) < 4.78 is 13.8. The van der Waals surface area contributed by atoms with Gasteiger partial charge in [0.05, 0.1) is 24.5 Å². The molecule has 0 amide bonds. The highest BCUT2D eigenvalue weighted by molar-refractivity contribution is 5.65. The molecule has 6 nitrogen and oxygen atoms in total. The van der Waals surface area contributed by atoms with Gasteiger partial charge >= 0.3 is 0 Å². The number of hydrogen-bond acceptors (Lipinski definition) is 5. The maximum absolute atomic E-state index is 10.7. The molecule has 0 radical (unpaired) electrons. The van der Waals surface area contributed by atoms with Crippen molar-refractivity contribution in [2.45, 2.75) is 40.0 Å². The summed E-state index contributed by atoms with van der Waals surface area (Å²) in [5, 5.41) is 15.5. The maximum Gasteiger partial charge on any atom is 0.222 e. The van der Waals surface area contributed by atoms with E-state index in [0.29, 0.717) is 25.5 Å². The van der Waals surface area contributed by atoms with Crippen LogP contribution < -0.4 is 4.74 Å². The second-order valence-corrected chi connectivity index (χ2v) is 9.10. The topological polar surface area (TPSA) is 63.7 Å². The van der Waals surface area contributed by atoms with E-state index in [-0.39, 0.29) is 5.92 Å².